The fraction of sp³-hybridized carbons (Fsp3) is 0.300. The quantitative estimate of drug-likeness (QED) is 0.784. The summed E-state index contributed by atoms with van der Waals surface area (Å²) in [5.74, 6) is -0.111. The fourth-order valence-corrected chi connectivity index (χ4v) is 3.11. The van der Waals surface area contributed by atoms with Crippen molar-refractivity contribution < 1.29 is 19.8 Å². The summed E-state index contributed by atoms with van der Waals surface area (Å²) in [4.78, 5) is 25.4. The molecule has 2 aromatic rings. The zero-order chi connectivity index (χ0) is 18.7. The minimum Gasteiger partial charge on any atom is -0.508 e. The number of nitrogens with zero attached hydrogens (tertiary/aromatic N) is 1. The van der Waals surface area contributed by atoms with E-state index in [-0.39, 0.29) is 30.2 Å². The maximum absolute atomic E-state index is 12.4. The van der Waals surface area contributed by atoms with Crippen LogP contribution in [0.2, 0.25) is 0 Å². The van der Waals surface area contributed by atoms with Crippen LogP contribution >= 0.6 is 0 Å². The largest absolute Gasteiger partial charge is 0.508 e. The molecule has 3 N–H and O–H groups in total. The molecule has 26 heavy (non-hydrogen) atoms. The Morgan fingerprint density at radius 1 is 1.04 bits per heavy atom. The van der Waals surface area contributed by atoms with Gasteiger partial charge in [0.1, 0.15) is 5.75 Å². The van der Waals surface area contributed by atoms with Gasteiger partial charge in [0.2, 0.25) is 5.91 Å². The number of aromatic hydroxyl groups is 1. The molecular formula is C20H22N2O4. The minimum atomic E-state index is -0.770. The lowest BCUT2D eigenvalue weighted by Crippen LogP contribution is -2.55. The molecule has 2 amide bonds. The first-order valence-electron chi connectivity index (χ1n) is 8.58. The molecule has 1 fully saturated rings. The molecule has 136 valence electrons. The minimum absolute atomic E-state index is 0.0707. The number of hydrogen-bond donors (Lipinski definition) is 3. The van der Waals surface area contributed by atoms with Gasteiger partial charge in [0.15, 0.2) is 0 Å². The molecular weight excluding hydrogens is 332 g/mol. The van der Waals surface area contributed by atoms with Crippen LogP contribution in [0.3, 0.4) is 0 Å². The molecule has 0 radical (unpaired) electrons. The third-order valence-electron chi connectivity index (χ3n) is 4.69. The number of β-amino-alcohol motifs (C(OH)–C–C–N with tert-alkyl or cyclic N) is 1. The summed E-state index contributed by atoms with van der Waals surface area (Å²) in [6, 6.07) is 13.6. The second-order valence-corrected chi connectivity index (χ2v) is 6.53. The number of carbonyl (C=O) groups excluding carboxylic acids is 2. The van der Waals surface area contributed by atoms with Gasteiger partial charge < -0.3 is 20.4 Å². The first kappa shape index (κ1) is 17.9. The molecule has 2 aromatic carbocycles. The van der Waals surface area contributed by atoms with Gasteiger partial charge in [-0.25, -0.2) is 0 Å². The summed E-state index contributed by atoms with van der Waals surface area (Å²) < 4.78 is 0. The monoisotopic (exact) mass is 354 g/mol. The highest BCUT2D eigenvalue weighted by Crippen LogP contribution is 2.22. The number of aliphatic hydroxyl groups excluding tert-OH is 1. The van der Waals surface area contributed by atoms with Crippen LogP contribution in [0.15, 0.2) is 48.5 Å². The van der Waals surface area contributed by atoms with Crippen molar-refractivity contribution in [2.24, 2.45) is 0 Å². The van der Waals surface area contributed by atoms with E-state index in [1.54, 1.807) is 29.2 Å². The van der Waals surface area contributed by atoms with Crippen LogP contribution in [0.25, 0.3) is 11.1 Å². The van der Waals surface area contributed by atoms with Crippen molar-refractivity contribution in [3.05, 3.63) is 54.1 Å². The lowest BCUT2D eigenvalue weighted by molar-refractivity contribution is -0.132. The number of benzene rings is 2. The first-order valence-corrected chi connectivity index (χ1v) is 8.58. The average molecular weight is 354 g/mol. The Labute approximate surface area is 152 Å². The van der Waals surface area contributed by atoms with Gasteiger partial charge in [0.05, 0.1) is 12.1 Å². The van der Waals surface area contributed by atoms with Crippen molar-refractivity contribution in [2.75, 3.05) is 13.1 Å². The zero-order valence-corrected chi connectivity index (χ0v) is 14.6. The van der Waals surface area contributed by atoms with Gasteiger partial charge in [-0.1, -0.05) is 24.3 Å². The van der Waals surface area contributed by atoms with Crippen LogP contribution in [-0.2, 0) is 4.79 Å². The molecule has 0 bridgehead atoms. The summed E-state index contributed by atoms with van der Waals surface area (Å²) >= 11 is 0. The van der Waals surface area contributed by atoms with Crippen molar-refractivity contribution in [1.29, 1.82) is 0 Å². The molecule has 1 saturated heterocycles. The molecule has 1 aliphatic heterocycles. The number of phenolic OH excluding ortho intramolecular Hbond substituents is 1. The zero-order valence-electron chi connectivity index (χ0n) is 14.6. The summed E-state index contributed by atoms with van der Waals surface area (Å²) in [5.41, 5.74) is 2.40. The van der Waals surface area contributed by atoms with E-state index >= 15 is 0 Å². The standard InChI is InChI=1S/C20H22N2O4/c1-13(23)22-11-10-18(19(25)12-22)21-20(26)16-4-2-14(3-5-16)15-6-8-17(24)9-7-15/h2-9,18-19,24-25H,10-12H2,1H3,(H,21,26)/t18-,19-/m1/s1. The molecule has 0 spiro atoms. The Hall–Kier alpha value is -2.86. The summed E-state index contributed by atoms with van der Waals surface area (Å²) in [5, 5.41) is 22.4. The normalized spacial score (nSPS) is 19.8. The van der Waals surface area contributed by atoms with Gasteiger partial charge in [-0.15, -0.1) is 0 Å². The van der Waals surface area contributed by atoms with Crippen LogP contribution in [0, 0.1) is 0 Å². The van der Waals surface area contributed by atoms with E-state index < -0.39 is 6.10 Å². The summed E-state index contributed by atoms with van der Waals surface area (Å²) in [6.45, 7) is 2.23. The number of hydrogen-bond acceptors (Lipinski definition) is 4. The number of piperidine rings is 1. The number of amides is 2. The Kier molecular flexibility index (Phi) is 5.23. The predicted molar refractivity (Wildman–Crippen MR) is 97.7 cm³/mol. The highest BCUT2D eigenvalue weighted by molar-refractivity contribution is 5.95. The van der Waals surface area contributed by atoms with Gasteiger partial charge in [-0.05, 0) is 41.8 Å². The topological polar surface area (TPSA) is 89.9 Å². The highest BCUT2D eigenvalue weighted by atomic mass is 16.3. The van der Waals surface area contributed by atoms with Crippen molar-refractivity contribution >= 4 is 11.8 Å². The van der Waals surface area contributed by atoms with Gasteiger partial charge in [-0.3, -0.25) is 9.59 Å². The lowest BCUT2D eigenvalue weighted by atomic mass is 10.0. The molecule has 1 heterocycles. The second-order valence-electron chi connectivity index (χ2n) is 6.53. The Morgan fingerprint density at radius 2 is 1.62 bits per heavy atom. The van der Waals surface area contributed by atoms with Gasteiger partial charge >= 0.3 is 0 Å². The van der Waals surface area contributed by atoms with Crippen LogP contribution in [0.4, 0.5) is 0 Å². The molecule has 0 aliphatic carbocycles. The van der Waals surface area contributed by atoms with Gasteiger partial charge in [-0.2, -0.15) is 0 Å². The van der Waals surface area contributed by atoms with Crippen molar-refractivity contribution in [3.8, 4) is 16.9 Å². The first-order chi connectivity index (χ1) is 12.4. The van der Waals surface area contributed by atoms with E-state index in [0.29, 0.717) is 18.5 Å². The van der Waals surface area contributed by atoms with E-state index in [2.05, 4.69) is 5.32 Å². The number of aliphatic hydroxyl groups is 1. The number of likely N-dealkylation sites (tertiary alicyclic amines) is 1. The molecule has 0 unspecified atom stereocenters. The molecule has 0 aromatic heterocycles. The summed E-state index contributed by atoms with van der Waals surface area (Å²) in [7, 11) is 0. The van der Waals surface area contributed by atoms with Gasteiger partial charge in [0.25, 0.3) is 5.91 Å². The highest BCUT2D eigenvalue weighted by Gasteiger charge is 2.30. The average Bonchev–Trinajstić information content (AvgIpc) is 2.64. The number of phenols is 1. The molecule has 2 atom stereocenters. The SMILES string of the molecule is CC(=O)N1CC[C@@H](NC(=O)c2ccc(-c3ccc(O)cc3)cc2)[C@H](O)C1. The van der Waals surface area contributed by atoms with Crippen molar-refractivity contribution in [2.45, 2.75) is 25.5 Å². The molecule has 6 heteroatoms. The Balaban J connectivity index is 1.63. The number of carbonyl (C=O) groups is 2. The van der Waals surface area contributed by atoms with Crippen LogP contribution in [0.5, 0.6) is 5.75 Å². The molecule has 3 rings (SSSR count). The van der Waals surface area contributed by atoms with Crippen molar-refractivity contribution in [1.82, 2.24) is 10.2 Å². The van der Waals surface area contributed by atoms with Gasteiger partial charge in [0, 0.05) is 25.6 Å². The lowest BCUT2D eigenvalue weighted by Gasteiger charge is -2.35. The van der Waals surface area contributed by atoms with E-state index in [4.69, 9.17) is 0 Å². The Bertz CT molecular complexity index is 786. The number of rotatable bonds is 3. The van der Waals surface area contributed by atoms with Crippen LogP contribution in [-0.4, -0.2) is 52.2 Å². The maximum Gasteiger partial charge on any atom is 0.251 e. The fourth-order valence-electron chi connectivity index (χ4n) is 3.11. The predicted octanol–water partition coefficient (Wildman–Crippen LogP) is 1.77. The molecule has 6 nitrogen and oxygen atoms in total. The van der Waals surface area contributed by atoms with E-state index in [1.165, 1.54) is 6.92 Å². The third kappa shape index (κ3) is 4.03. The number of nitrogens with one attached hydrogen (secondary N) is 1. The molecule has 0 saturated carbocycles. The van der Waals surface area contributed by atoms with E-state index in [0.717, 1.165) is 11.1 Å². The smallest absolute Gasteiger partial charge is 0.251 e. The van der Waals surface area contributed by atoms with E-state index in [9.17, 15) is 19.8 Å². The summed E-state index contributed by atoms with van der Waals surface area (Å²) in [6.07, 6.45) is -0.245. The molecule has 1 aliphatic rings. The second kappa shape index (κ2) is 7.58. The van der Waals surface area contributed by atoms with Crippen LogP contribution < -0.4 is 5.32 Å². The van der Waals surface area contributed by atoms with E-state index in [1.807, 2.05) is 24.3 Å². The van der Waals surface area contributed by atoms with Crippen LogP contribution in [0.1, 0.15) is 23.7 Å². The van der Waals surface area contributed by atoms with Crippen molar-refractivity contribution in [3.63, 3.8) is 0 Å². The third-order valence-corrected chi connectivity index (χ3v) is 4.69. The maximum atomic E-state index is 12.4. The Morgan fingerprint density at radius 3 is 2.15 bits per heavy atom.